The maximum Gasteiger partial charge on any atom is 0.346 e. The first-order chi connectivity index (χ1) is 15.1. The number of ether oxygens (including phenoxy) is 2. The summed E-state index contributed by atoms with van der Waals surface area (Å²) in [6, 6.07) is 0. The second-order valence-corrected chi connectivity index (χ2v) is 17.9. The van der Waals surface area contributed by atoms with Crippen molar-refractivity contribution in [2.75, 3.05) is 14.2 Å². The van der Waals surface area contributed by atoms with Crippen LogP contribution in [0.4, 0.5) is 0 Å². The van der Waals surface area contributed by atoms with Crippen molar-refractivity contribution >= 4 is 126 Å². The molecule has 0 N–H and O–H groups in total. The molecule has 0 saturated carbocycles. The summed E-state index contributed by atoms with van der Waals surface area (Å²) in [5.41, 5.74) is 0. The minimum atomic E-state index is -0.546. The molecular weight excluding hydrogens is 581 g/mol. The Morgan fingerprint density at radius 1 is 0.781 bits per heavy atom. The molecule has 3 heterocycles. The van der Waals surface area contributed by atoms with E-state index < -0.39 is 11.9 Å². The maximum atomic E-state index is 12.2. The normalized spacial score (nSPS) is 16.8. The highest BCUT2D eigenvalue weighted by Crippen LogP contribution is 2.59. The predicted octanol–water partition coefficient (Wildman–Crippen LogP) is 6.60. The van der Waals surface area contributed by atoms with Gasteiger partial charge in [0.15, 0.2) is 0 Å². The van der Waals surface area contributed by atoms with Gasteiger partial charge < -0.3 is 9.47 Å². The number of hydrogen-bond donors (Lipinski definition) is 0. The van der Waals surface area contributed by atoms with Gasteiger partial charge in [0.05, 0.1) is 35.7 Å². The topological polar surface area (TPSA) is 52.6 Å². The van der Waals surface area contributed by atoms with Gasteiger partial charge in [-0.1, -0.05) is 87.0 Å². The molecule has 2 aliphatic heterocycles. The number of rotatable bonds is 6. The summed E-state index contributed by atoms with van der Waals surface area (Å²) in [4.78, 5) is 24.9. The van der Waals surface area contributed by atoms with Crippen LogP contribution in [-0.2, 0) is 19.1 Å². The van der Waals surface area contributed by atoms with Crippen LogP contribution >= 0.6 is 105 Å². The molecule has 0 atom stereocenters. The summed E-state index contributed by atoms with van der Waals surface area (Å²) in [5, 5.41) is 1.03. The van der Waals surface area contributed by atoms with Gasteiger partial charge in [-0.2, -0.15) is 0 Å². The first-order valence-electron chi connectivity index (χ1n) is 9.23. The monoisotopic (exact) mass is 600 g/mol. The lowest BCUT2D eigenvalue weighted by molar-refractivity contribution is -0.138. The van der Waals surface area contributed by atoms with Crippen LogP contribution < -0.4 is 8.38 Å². The molecule has 3 rings (SSSR count). The van der Waals surface area contributed by atoms with Gasteiger partial charge in [-0.05, 0) is 0 Å². The van der Waals surface area contributed by atoms with Crippen molar-refractivity contribution in [2.24, 2.45) is 0 Å². The molecule has 2 aliphatic rings. The molecule has 0 amide bonds. The molecule has 0 aliphatic carbocycles. The smallest absolute Gasteiger partial charge is 0.346 e. The molecule has 0 saturated heterocycles. The molecule has 0 aromatic carbocycles. The highest BCUT2D eigenvalue weighted by Gasteiger charge is 2.33. The zero-order valence-electron chi connectivity index (χ0n) is 18.0. The van der Waals surface area contributed by atoms with Crippen LogP contribution in [0, 0.1) is 3.82 Å². The van der Waals surface area contributed by atoms with E-state index in [1.165, 1.54) is 50.5 Å². The Kier molecular flexibility index (Phi) is 10.2. The van der Waals surface area contributed by atoms with Gasteiger partial charge >= 0.3 is 11.9 Å². The molecule has 1 aromatic rings. The molecule has 174 valence electrons. The highest BCUT2D eigenvalue weighted by atomic mass is 32.3. The maximum absolute atomic E-state index is 12.2. The van der Waals surface area contributed by atoms with Crippen molar-refractivity contribution in [3.05, 3.63) is 30.5 Å². The van der Waals surface area contributed by atoms with Crippen molar-refractivity contribution in [1.29, 1.82) is 0 Å². The third-order valence-electron chi connectivity index (χ3n) is 3.48. The Labute approximate surface area is 225 Å². The van der Waals surface area contributed by atoms with E-state index in [-0.39, 0.29) is 9.81 Å². The van der Waals surface area contributed by atoms with Gasteiger partial charge in [0.1, 0.15) is 17.5 Å². The zero-order valence-corrected chi connectivity index (χ0v) is 25.3. The van der Waals surface area contributed by atoms with E-state index >= 15 is 0 Å². The van der Waals surface area contributed by atoms with E-state index in [4.69, 9.17) is 21.7 Å². The summed E-state index contributed by atoms with van der Waals surface area (Å²) in [6.45, 7) is 8.84. The number of carbonyl (C=O) groups excluding carboxylic acids is 2. The van der Waals surface area contributed by atoms with E-state index in [1.54, 1.807) is 22.7 Å². The lowest BCUT2D eigenvalue weighted by Gasteiger charge is -2.08. The van der Waals surface area contributed by atoms with Gasteiger partial charge in [-0.25, -0.2) is 9.59 Å². The van der Waals surface area contributed by atoms with E-state index in [0.29, 0.717) is 10.5 Å². The van der Waals surface area contributed by atoms with Crippen molar-refractivity contribution in [3.63, 3.8) is 0 Å². The molecule has 0 unspecified atom stereocenters. The molecule has 0 spiro atoms. The number of methoxy groups -OCH3 is 2. The van der Waals surface area contributed by atoms with E-state index in [2.05, 4.69) is 27.7 Å². The van der Waals surface area contributed by atoms with Crippen LogP contribution in [0.5, 0.6) is 0 Å². The van der Waals surface area contributed by atoms with Crippen molar-refractivity contribution < 1.29 is 19.1 Å². The Balaban J connectivity index is 2.01. The third kappa shape index (κ3) is 6.39. The van der Waals surface area contributed by atoms with Gasteiger partial charge in [-0.15, -0.1) is 46.2 Å². The molecule has 32 heavy (non-hydrogen) atoms. The minimum Gasteiger partial charge on any atom is -0.465 e. The first kappa shape index (κ1) is 27.1. The molecule has 0 bridgehead atoms. The van der Waals surface area contributed by atoms with Crippen LogP contribution in [0.15, 0.2) is 18.3 Å². The van der Waals surface area contributed by atoms with Gasteiger partial charge in [-0.3, -0.25) is 0 Å². The summed E-state index contributed by atoms with van der Waals surface area (Å²) in [6.07, 6.45) is 0. The lowest BCUT2D eigenvalue weighted by Crippen LogP contribution is -2.08. The van der Waals surface area contributed by atoms with Crippen LogP contribution in [0.1, 0.15) is 27.7 Å². The lowest BCUT2D eigenvalue weighted by atomic mass is 10.5. The fourth-order valence-electron chi connectivity index (χ4n) is 2.27. The number of esters is 2. The summed E-state index contributed by atoms with van der Waals surface area (Å²) in [7, 11) is 2.60. The second kappa shape index (κ2) is 12.0. The molecule has 1 aromatic heterocycles. The fourth-order valence-corrected chi connectivity index (χ4v) is 14.6. The van der Waals surface area contributed by atoms with Gasteiger partial charge in [0, 0.05) is 10.5 Å². The second-order valence-electron chi connectivity index (χ2n) is 6.64. The minimum absolute atomic E-state index is 0.249. The molecule has 4 nitrogen and oxygen atoms in total. The highest BCUT2D eigenvalue weighted by molar-refractivity contribution is 8.46. The zero-order chi connectivity index (χ0) is 23.6. The van der Waals surface area contributed by atoms with Crippen LogP contribution in [-0.4, -0.2) is 36.7 Å². The standard InChI is InChI=1S/C19H20O4S9/c1-7(2)25-16-17(26-8(3)4)32-19(31-16)18-29-11(14(24)30-18)15-27-9(12(20)22-5)10(28-15)13(21)23-6/h7-8H,1-6H3. The SMILES string of the molecule is COC(=O)C1=C(C(=O)OC)SC(=c2sc(=C3SC(SC(C)C)=C(SC(C)C)S3)sc2=S)S1. The number of hydrogen-bond acceptors (Lipinski definition) is 13. The Hall–Kier alpha value is 0.530. The quantitative estimate of drug-likeness (QED) is 0.262. The van der Waals surface area contributed by atoms with Crippen molar-refractivity contribution in [3.8, 4) is 0 Å². The Morgan fingerprint density at radius 3 is 1.66 bits per heavy atom. The van der Waals surface area contributed by atoms with Crippen LogP contribution in [0.2, 0.25) is 0 Å². The van der Waals surface area contributed by atoms with E-state index in [0.717, 1.165) is 16.4 Å². The summed E-state index contributed by atoms with van der Waals surface area (Å²) >= 11 is 18.8. The van der Waals surface area contributed by atoms with E-state index in [9.17, 15) is 9.59 Å². The average Bonchev–Trinajstić information content (AvgIpc) is 3.43. The largest absolute Gasteiger partial charge is 0.465 e. The Bertz CT molecular complexity index is 1120. The van der Waals surface area contributed by atoms with E-state index in [1.807, 2.05) is 47.0 Å². The van der Waals surface area contributed by atoms with Gasteiger partial charge in [0.2, 0.25) is 0 Å². The third-order valence-corrected chi connectivity index (χ3v) is 15.2. The molecule has 13 heteroatoms. The van der Waals surface area contributed by atoms with Crippen LogP contribution in [0.25, 0.3) is 8.47 Å². The Morgan fingerprint density at radius 2 is 1.25 bits per heavy atom. The number of thioether (sulfide) groups is 6. The van der Waals surface area contributed by atoms with Crippen molar-refractivity contribution in [1.82, 2.24) is 0 Å². The number of carbonyl (C=O) groups is 2. The summed E-state index contributed by atoms with van der Waals surface area (Å²) in [5.74, 6) is -1.09. The van der Waals surface area contributed by atoms with Crippen LogP contribution in [0.3, 0.4) is 0 Å². The predicted molar refractivity (Wildman–Crippen MR) is 153 cm³/mol. The van der Waals surface area contributed by atoms with Gasteiger partial charge in [0.25, 0.3) is 0 Å². The summed E-state index contributed by atoms with van der Waals surface area (Å²) < 4.78 is 17.3. The first-order valence-corrected chi connectivity index (χ1v) is 16.3. The van der Waals surface area contributed by atoms with Crippen molar-refractivity contribution in [2.45, 2.75) is 38.2 Å². The molecular formula is C19H20O4S9. The fraction of sp³-hybridized carbons (Fsp3) is 0.421. The average molecular weight is 601 g/mol. The molecule has 0 fully saturated rings. The molecule has 0 radical (unpaired) electrons.